The zero-order valence-corrected chi connectivity index (χ0v) is 11.7. The first-order valence-corrected chi connectivity index (χ1v) is 6.99. The van der Waals surface area contributed by atoms with Crippen LogP contribution in [0.25, 0.3) is 0 Å². The van der Waals surface area contributed by atoms with E-state index in [2.05, 4.69) is 6.92 Å². The first-order valence-electron chi connectivity index (χ1n) is 6.99. The lowest BCUT2D eigenvalue weighted by molar-refractivity contribution is 0.0117. The molecule has 3 unspecified atom stereocenters. The Bertz CT molecular complexity index is 372. The molecule has 18 heavy (non-hydrogen) atoms. The van der Waals surface area contributed by atoms with Crippen LogP contribution in [0.4, 0.5) is 4.79 Å². The highest BCUT2D eigenvalue weighted by molar-refractivity contribution is 5.69. The van der Waals surface area contributed by atoms with Crippen LogP contribution in [0.15, 0.2) is 0 Å². The van der Waals surface area contributed by atoms with Crippen LogP contribution in [0.5, 0.6) is 0 Å². The van der Waals surface area contributed by atoms with E-state index < -0.39 is 5.60 Å². The number of epoxide rings is 1. The number of ether oxygens (including phenoxy) is 2. The monoisotopic (exact) mass is 253 g/mol. The molecule has 3 atom stereocenters. The summed E-state index contributed by atoms with van der Waals surface area (Å²) < 4.78 is 11.4. The Labute approximate surface area is 109 Å². The van der Waals surface area contributed by atoms with Crippen molar-refractivity contribution in [3.63, 3.8) is 0 Å². The molecule has 1 amide bonds. The minimum Gasteiger partial charge on any atom is -0.444 e. The maximum absolute atomic E-state index is 12.1. The van der Waals surface area contributed by atoms with E-state index in [0.29, 0.717) is 6.54 Å². The molecular formula is C14H23NO3. The summed E-state index contributed by atoms with van der Waals surface area (Å²) in [6.07, 6.45) is 3.64. The molecule has 0 aromatic rings. The number of piperidine rings is 1. The van der Waals surface area contributed by atoms with Crippen molar-refractivity contribution in [1.82, 2.24) is 4.90 Å². The molecule has 2 saturated heterocycles. The Morgan fingerprint density at radius 1 is 1.39 bits per heavy atom. The third kappa shape index (κ3) is 2.00. The second kappa shape index (κ2) is 3.62. The Balaban J connectivity index is 1.64. The number of nitrogens with zero attached hydrogens (tertiary/aromatic N) is 1. The van der Waals surface area contributed by atoms with Crippen LogP contribution in [-0.2, 0) is 9.47 Å². The molecule has 0 aromatic heterocycles. The molecule has 0 spiro atoms. The van der Waals surface area contributed by atoms with Crippen LogP contribution < -0.4 is 0 Å². The Morgan fingerprint density at radius 3 is 2.61 bits per heavy atom. The van der Waals surface area contributed by atoms with Gasteiger partial charge in [0.25, 0.3) is 0 Å². The molecule has 2 aliphatic heterocycles. The molecule has 0 bridgehead atoms. The van der Waals surface area contributed by atoms with Crippen molar-refractivity contribution in [2.45, 2.75) is 70.3 Å². The fourth-order valence-electron chi connectivity index (χ4n) is 3.21. The number of hydrogen-bond donors (Lipinski definition) is 0. The number of carbonyl (C=O) groups is 1. The second-order valence-electron chi connectivity index (χ2n) is 7.02. The predicted molar refractivity (Wildman–Crippen MR) is 67.3 cm³/mol. The number of carbonyl (C=O) groups excluding carboxylic acids is 1. The molecule has 0 radical (unpaired) electrons. The van der Waals surface area contributed by atoms with Gasteiger partial charge in [-0.3, -0.25) is 0 Å². The van der Waals surface area contributed by atoms with Gasteiger partial charge in [0.05, 0.1) is 6.54 Å². The largest absolute Gasteiger partial charge is 0.444 e. The highest BCUT2D eigenvalue weighted by atomic mass is 16.6. The van der Waals surface area contributed by atoms with E-state index in [4.69, 9.17) is 9.47 Å². The Hall–Kier alpha value is -0.770. The highest BCUT2D eigenvalue weighted by Crippen LogP contribution is 2.59. The lowest BCUT2D eigenvalue weighted by atomic mass is 9.87. The number of likely N-dealkylation sites (tertiary alicyclic amines) is 1. The van der Waals surface area contributed by atoms with Crippen molar-refractivity contribution in [3.05, 3.63) is 0 Å². The van der Waals surface area contributed by atoms with E-state index in [-0.39, 0.29) is 23.8 Å². The van der Waals surface area contributed by atoms with E-state index in [9.17, 15) is 4.79 Å². The van der Waals surface area contributed by atoms with Gasteiger partial charge in [0.15, 0.2) is 0 Å². The number of fused-ring (bicyclic) bond motifs is 1. The molecule has 1 aliphatic carbocycles. The van der Waals surface area contributed by atoms with Gasteiger partial charge in [-0.05, 0) is 52.9 Å². The molecule has 4 nitrogen and oxygen atoms in total. The van der Waals surface area contributed by atoms with Crippen molar-refractivity contribution < 1.29 is 14.3 Å². The average Bonchev–Trinajstić information content (AvgIpc) is 3.08. The van der Waals surface area contributed by atoms with Crippen LogP contribution in [0.1, 0.15) is 47.0 Å². The van der Waals surface area contributed by atoms with Gasteiger partial charge in [-0.2, -0.15) is 0 Å². The van der Waals surface area contributed by atoms with Crippen molar-refractivity contribution in [2.24, 2.45) is 5.92 Å². The van der Waals surface area contributed by atoms with Crippen LogP contribution in [0.3, 0.4) is 0 Å². The third-order valence-corrected chi connectivity index (χ3v) is 4.25. The van der Waals surface area contributed by atoms with Crippen LogP contribution in [0, 0.1) is 5.92 Å². The molecule has 0 aromatic carbocycles. The summed E-state index contributed by atoms with van der Waals surface area (Å²) in [5.41, 5.74) is -0.301. The standard InChI is InChI=1S/C14H23NO3/c1-9-7-14(10-5-6-10)11(17-14)8-15(9)12(16)18-13(2,3)4/h9-11H,5-8H2,1-4H3. The average molecular weight is 253 g/mol. The van der Waals surface area contributed by atoms with Gasteiger partial charge >= 0.3 is 6.09 Å². The predicted octanol–water partition coefficient (Wildman–Crippen LogP) is 2.56. The lowest BCUT2D eigenvalue weighted by Gasteiger charge is -2.36. The molecule has 4 heteroatoms. The van der Waals surface area contributed by atoms with E-state index in [1.807, 2.05) is 25.7 Å². The fraction of sp³-hybridized carbons (Fsp3) is 0.929. The highest BCUT2D eigenvalue weighted by Gasteiger charge is 2.67. The second-order valence-corrected chi connectivity index (χ2v) is 7.02. The molecule has 3 rings (SSSR count). The maximum atomic E-state index is 12.1. The molecule has 102 valence electrons. The molecule has 2 heterocycles. The Kier molecular flexibility index (Phi) is 2.47. The summed E-state index contributed by atoms with van der Waals surface area (Å²) in [7, 11) is 0. The van der Waals surface area contributed by atoms with Crippen molar-refractivity contribution in [2.75, 3.05) is 6.54 Å². The summed E-state index contributed by atoms with van der Waals surface area (Å²) >= 11 is 0. The van der Waals surface area contributed by atoms with E-state index >= 15 is 0 Å². The van der Waals surface area contributed by atoms with Crippen LogP contribution in [-0.4, -0.2) is 40.9 Å². The fourth-order valence-corrected chi connectivity index (χ4v) is 3.21. The molecular weight excluding hydrogens is 230 g/mol. The van der Waals surface area contributed by atoms with Crippen molar-refractivity contribution in [1.29, 1.82) is 0 Å². The summed E-state index contributed by atoms with van der Waals surface area (Å²) in [5.74, 6) is 0.755. The third-order valence-electron chi connectivity index (χ3n) is 4.25. The van der Waals surface area contributed by atoms with E-state index in [1.165, 1.54) is 12.8 Å². The maximum Gasteiger partial charge on any atom is 0.410 e. The molecule has 3 aliphatic rings. The van der Waals surface area contributed by atoms with Gasteiger partial charge in [0, 0.05) is 6.04 Å². The smallest absolute Gasteiger partial charge is 0.410 e. The van der Waals surface area contributed by atoms with Crippen molar-refractivity contribution >= 4 is 6.09 Å². The minimum atomic E-state index is -0.424. The summed E-state index contributed by atoms with van der Waals surface area (Å²) in [6.45, 7) is 8.52. The number of hydrogen-bond acceptors (Lipinski definition) is 3. The number of rotatable bonds is 1. The van der Waals surface area contributed by atoms with Crippen molar-refractivity contribution in [3.8, 4) is 0 Å². The summed E-state index contributed by atoms with van der Waals surface area (Å²) in [5, 5.41) is 0. The minimum absolute atomic E-state index is 0.123. The lowest BCUT2D eigenvalue weighted by Crippen LogP contribution is -2.50. The van der Waals surface area contributed by atoms with Gasteiger partial charge in [-0.25, -0.2) is 4.79 Å². The topological polar surface area (TPSA) is 42.1 Å². The zero-order chi connectivity index (χ0) is 13.1. The molecule has 0 N–H and O–H groups in total. The van der Waals surface area contributed by atoms with Gasteiger partial charge < -0.3 is 14.4 Å². The summed E-state index contributed by atoms with van der Waals surface area (Å²) in [4.78, 5) is 14.0. The Morgan fingerprint density at radius 2 is 2.06 bits per heavy atom. The zero-order valence-electron chi connectivity index (χ0n) is 11.7. The quantitative estimate of drug-likeness (QED) is 0.674. The first kappa shape index (κ1) is 12.3. The van der Waals surface area contributed by atoms with Gasteiger partial charge in [-0.15, -0.1) is 0 Å². The van der Waals surface area contributed by atoms with Crippen LogP contribution in [0.2, 0.25) is 0 Å². The van der Waals surface area contributed by atoms with Gasteiger partial charge in [-0.1, -0.05) is 0 Å². The summed E-state index contributed by atoms with van der Waals surface area (Å²) in [6, 6.07) is 0.221. The molecule has 3 fully saturated rings. The van der Waals surface area contributed by atoms with Gasteiger partial charge in [0.2, 0.25) is 0 Å². The molecule has 1 saturated carbocycles. The van der Waals surface area contributed by atoms with Crippen LogP contribution >= 0.6 is 0 Å². The van der Waals surface area contributed by atoms with E-state index in [0.717, 1.165) is 12.3 Å². The normalized spacial score (nSPS) is 39.2. The SMILES string of the molecule is CC1CC2(C3CC3)OC2CN1C(=O)OC(C)(C)C. The number of amides is 1. The van der Waals surface area contributed by atoms with E-state index in [1.54, 1.807) is 0 Å². The first-order chi connectivity index (χ1) is 8.32. The van der Waals surface area contributed by atoms with Gasteiger partial charge in [0.1, 0.15) is 17.3 Å².